The molecule has 1 amide bonds. The number of alkyl halides is 3. The van der Waals surface area contributed by atoms with Gasteiger partial charge < -0.3 is 9.80 Å². The molecular formula is C24H22F4N6O. The molecule has 3 heterocycles. The van der Waals surface area contributed by atoms with E-state index in [0.29, 0.717) is 24.5 Å². The number of nitrogens with zero attached hydrogens (tertiary/aromatic N) is 6. The molecule has 1 aliphatic heterocycles. The van der Waals surface area contributed by atoms with Crippen molar-refractivity contribution in [2.24, 2.45) is 5.92 Å². The molecule has 2 bridgehead atoms. The third-order valence-corrected chi connectivity index (χ3v) is 6.83. The molecule has 35 heavy (non-hydrogen) atoms. The molecule has 1 saturated carbocycles. The number of likely N-dealkylation sites (tertiary alicyclic amines) is 1. The molecule has 11 heteroatoms. The summed E-state index contributed by atoms with van der Waals surface area (Å²) in [6.07, 6.45) is 2.59. The number of halogens is 4. The minimum Gasteiger partial charge on any atom is -0.353 e. The fraction of sp³-hybridized carbons (Fsp3) is 0.375. The Labute approximate surface area is 198 Å². The van der Waals surface area contributed by atoms with Gasteiger partial charge in [0.1, 0.15) is 11.6 Å². The van der Waals surface area contributed by atoms with Crippen LogP contribution in [-0.2, 0) is 6.18 Å². The number of anilines is 1. The summed E-state index contributed by atoms with van der Waals surface area (Å²) in [4.78, 5) is 33.0. The van der Waals surface area contributed by atoms with E-state index in [1.807, 2.05) is 0 Å². The Bertz CT molecular complexity index is 1220. The third-order valence-electron chi connectivity index (χ3n) is 6.83. The highest BCUT2D eigenvalue weighted by Crippen LogP contribution is 2.40. The van der Waals surface area contributed by atoms with Gasteiger partial charge in [-0.3, -0.25) is 4.79 Å². The minimum absolute atomic E-state index is 0.0538. The predicted octanol–water partition coefficient (Wildman–Crippen LogP) is 4.22. The van der Waals surface area contributed by atoms with E-state index in [1.54, 1.807) is 29.0 Å². The maximum Gasteiger partial charge on any atom is 0.434 e. The monoisotopic (exact) mass is 486 g/mol. The zero-order valence-corrected chi connectivity index (χ0v) is 18.8. The zero-order valence-electron chi connectivity index (χ0n) is 18.8. The molecule has 3 atom stereocenters. The maximum absolute atomic E-state index is 14.8. The second-order valence-electron chi connectivity index (χ2n) is 8.87. The molecule has 0 spiro atoms. The van der Waals surface area contributed by atoms with Crippen LogP contribution in [0, 0.1) is 11.7 Å². The highest BCUT2D eigenvalue weighted by Gasteiger charge is 2.46. The number of carbonyl (C=O) groups excluding carboxylic acids is 1. The summed E-state index contributed by atoms with van der Waals surface area (Å²) >= 11 is 0. The summed E-state index contributed by atoms with van der Waals surface area (Å²) in [5, 5.41) is 0. The van der Waals surface area contributed by atoms with Gasteiger partial charge in [-0.05, 0) is 43.4 Å². The Morgan fingerprint density at radius 2 is 1.83 bits per heavy atom. The van der Waals surface area contributed by atoms with E-state index < -0.39 is 17.7 Å². The average molecular weight is 486 g/mol. The van der Waals surface area contributed by atoms with Gasteiger partial charge in [0.2, 0.25) is 0 Å². The van der Waals surface area contributed by atoms with E-state index in [9.17, 15) is 22.4 Å². The molecule has 0 radical (unpaired) electrons. The number of aromatic nitrogens is 4. The van der Waals surface area contributed by atoms with Crippen LogP contribution in [0.2, 0.25) is 0 Å². The first-order valence-corrected chi connectivity index (χ1v) is 11.2. The maximum atomic E-state index is 14.8. The normalized spacial score (nSPS) is 21.7. The predicted molar refractivity (Wildman–Crippen MR) is 119 cm³/mol. The quantitative estimate of drug-likeness (QED) is 0.514. The zero-order chi connectivity index (χ0) is 24.7. The Balaban J connectivity index is 1.44. The lowest BCUT2D eigenvalue weighted by atomic mass is 9.85. The van der Waals surface area contributed by atoms with Gasteiger partial charge in [0.25, 0.3) is 5.91 Å². The first-order valence-electron chi connectivity index (χ1n) is 11.2. The van der Waals surface area contributed by atoms with Crippen molar-refractivity contribution in [1.29, 1.82) is 0 Å². The van der Waals surface area contributed by atoms with Crippen LogP contribution >= 0.6 is 0 Å². The molecule has 182 valence electrons. The number of benzene rings is 1. The molecule has 3 unspecified atom stereocenters. The molecule has 2 fully saturated rings. The van der Waals surface area contributed by atoms with Crippen molar-refractivity contribution in [2.75, 3.05) is 18.5 Å². The Kier molecular flexibility index (Phi) is 5.86. The first kappa shape index (κ1) is 23.1. The van der Waals surface area contributed by atoms with Gasteiger partial charge in [-0.2, -0.15) is 13.2 Å². The van der Waals surface area contributed by atoms with Crippen LogP contribution in [0.25, 0.3) is 11.4 Å². The van der Waals surface area contributed by atoms with E-state index in [0.717, 1.165) is 25.5 Å². The molecule has 3 aromatic rings. The van der Waals surface area contributed by atoms with Crippen molar-refractivity contribution in [2.45, 2.75) is 37.5 Å². The van der Waals surface area contributed by atoms with Crippen LogP contribution in [-0.4, -0.2) is 56.4 Å². The molecule has 0 N–H and O–H groups in total. The topological polar surface area (TPSA) is 75.1 Å². The summed E-state index contributed by atoms with van der Waals surface area (Å²) in [5.41, 5.74) is -0.824. The van der Waals surface area contributed by atoms with Crippen molar-refractivity contribution in [3.63, 3.8) is 0 Å². The average Bonchev–Trinajstić information content (AvgIpc) is 3.19. The molecular weight excluding hydrogens is 464 g/mol. The summed E-state index contributed by atoms with van der Waals surface area (Å²) < 4.78 is 53.5. The second-order valence-corrected chi connectivity index (χ2v) is 8.87. The molecule has 5 rings (SSSR count). The fourth-order valence-corrected chi connectivity index (χ4v) is 5.15. The van der Waals surface area contributed by atoms with E-state index in [-0.39, 0.29) is 34.9 Å². The van der Waals surface area contributed by atoms with Crippen LogP contribution in [0.4, 0.5) is 23.4 Å². The molecule has 2 aliphatic rings. The largest absolute Gasteiger partial charge is 0.434 e. The Hall–Kier alpha value is -3.63. The fourth-order valence-electron chi connectivity index (χ4n) is 5.15. The van der Waals surface area contributed by atoms with Crippen molar-refractivity contribution in [3.05, 3.63) is 66.1 Å². The van der Waals surface area contributed by atoms with Crippen molar-refractivity contribution in [1.82, 2.24) is 24.8 Å². The van der Waals surface area contributed by atoms with Gasteiger partial charge in [0, 0.05) is 26.0 Å². The lowest BCUT2D eigenvalue weighted by molar-refractivity contribution is -0.141. The highest BCUT2D eigenvalue weighted by atomic mass is 19.4. The van der Waals surface area contributed by atoms with Gasteiger partial charge in [0.05, 0.1) is 35.6 Å². The Morgan fingerprint density at radius 3 is 2.51 bits per heavy atom. The lowest BCUT2D eigenvalue weighted by Crippen LogP contribution is -2.50. The molecule has 2 aromatic heterocycles. The van der Waals surface area contributed by atoms with E-state index in [1.165, 1.54) is 24.5 Å². The number of likely N-dealkylation sites (N-methyl/N-ethyl adjacent to an activating group) is 1. The van der Waals surface area contributed by atoms with Crippen LogP contribution in [0.5, 0.6) is 0 Å². The summed E-state index contributed by atoms with van der Waals surface area (Å²) in [7, 11) is 1.74. The van der Waals surface area contributed by atoms with Gasteiger partial charge in [-0.1, -0.05) is 6.07 Å². The van der Waals surface area contributed by atoms with Gasteiger partial charge in [-0.15, -0.1) is 0 Å². The smallest absolute Gasteiger partial charge is 0.353 e. The number of carbonyl (C=O) groups is 1. The van der Waals surface area contributed by atoms with Gasteiger partial charge >= 0.3 is 6.18 Å². The van der Waals surface area contributed by atoms with E-state index in [4.69, 9.17) is 0 Å². The van der Waals surface area contributed by atoms with Gasteiger partial charge in [-0.25, -0.2) is 24.3 Å². The summed E-state index contributed by atoms with van der Waals surface area (Å²) in [5.74, 6) is -0.178. The third kappa shape index (κ3) is 4.30. The van der Waals surface area contributed by atoms with E-state index in [2.05, 4.69) is 19.9 Å². The summed E-state index contributed by atoms with van der Waals surface area (Å²) in [6, 6.07) is 5.56. The molecule has 1 aromatic carbocycles. The van der Waals surface area contributed by atoms with Crippen LogP contribution in [0.1, 0.15) is 35.3 Å². The van der Waals surface area contributed by atoms with Crippen LogP contribution < -0.4 is 4.90 Å². The van der Waals surface area contributed by atoms with E-state index >= 15 is 0 Å². The Morgan fingerprint density at radius 1 is 1.06 bits per heavy atom. The number of hydrogen-bond acceptors (Lipinski definition) is 6. The molecule has 1 saturated heterocycles. The summed E-state index contributed by atoms with van der Waals surface area (Å²) in [6.45, 7) is 0.526. The SMILES string of the molecule is CN(c1cnc(C(F)(F)F)cn1)C1CCC2CC1N(C(=O)c1cccc(F)c1-c1ncccn1)C2. The number of fused-ring (bicyclic) bond motifs is 2. The van der Waals surface area contributed by atoms with Crippen LogP contribution in [0.15, 0.2) is 49.1 Å². The minimum atomic E-state index is -4.57. The number of hydrogen-bond donors (Lipinski definition) is 0. The standard InChI is InChI=1S/C24H22F4N6O/c1-33(20-12-31-19(11-32-20)24(26,27)28)17-7-6-14-10-18(17)34(13-14)23(35)15-4-2-5-16(25)21(15)22-29-8-3-9-30-22/h2-5,8-9,11-12,14,17-18H,6-7,10,13H2,1H3. The van der Waals surface area contributed by atoms with Crippen molar-refractivity contribution >= 4 is 11.7 Å². The lowest BCUT2D eigenvalue weighted by Gasteiger charge is -2.39. The first-order chi connectivity index (χ1) is 16.7. The van der Waals surface area contributed by atoms with Crippen molar-refractivity contribution < 1.29 is 22.4 Å². The van der Waals surface area contributed by atoms with Gasteiger partial charge in [0.15, 0.2) is 11.5 Å². The number of amides is 1. The van der Waals surface area contributed by atoms with Crippen LogP contribution in [0.3, 0.4) is 0 Å². The second kappa shape index (κ2) is 8.86. The molecule has 1 aliphatic carbocycles. The van der Waals surface area contributed by atoms with Crippen molar-refractivity contribution in [3.8, 4) is 11.4 Å². The highest BCUT2D eigenvalue weighted by molar-refractivity contribution is 6.00. The number of rotatable bonds is 4. The molecule has 7 nitrogen and oxygen atoms in total.